The normalized spacial score (nSPS) is 11.1. The number of nitrogens with one attached hydrogen (secondary N) is 1. The quantitative estimate of drug-likeness (QED) is 0.730. The maximum Gasteiger partial charge on any atom is 0.154 e. The zero-order valence-electron chi connectivity index (χ0n) is 12.5. The minimum absolute atomic E-state index is 0.864. The largest absolute Gasteiger partial charge is 0.313 e. The van der Waals surface area contributed by atoms with Crippen molar-refractivity contribution in [3.63, 3.8) is 0 Å². The molecule has 0 radical (unpaired) electrons. The first kappa shape index (κ1) is 13.8. The highest BCUT2D eigenvalue weighted by atomic mass is 15.3. The van der Waals surface area contributed by atoms with Gasteiger partial charge in [0.05, 0.1) is 11.7 Å². The van der Waals surface area contributed by atoms with E-state index < -0.39 is 0 Å². The van der Waals surface area contributed by atoms with Crippen molar-refractivity contribution in [2.75, 3.05) is 6.54 Å². The molecule has 3 rings (SSSR count). The van der Waals surface area contributed by atoms with Crippen LogP contribution in [0, 0.1) is 6.92 Å². The predicted molar refractivity (Wildman–Crippen MR) is 85.6 cm³/mol. The van der Waals surface area contributed by atoms with Crippen LogP contribution in [0.4, 0.5) is 0 Å². The third kappa shape index (κ3) is 2.95. The lowest BCUT2D eigenvalue weighted by Crippen LogP contribution is -2.14. The van der Waals surface area contributed by atoms with Gasteiger partial charge < -0.3 is 5.32 Å². The number of hydrogen-bond donors (Lipinski definition) is 1. The fourth-order valence-corrected chi connectivity index (χ4v) is 2.50. The van der Waals surface area contributed by atoms with Crippen molar-refractivity contribution in [1.29, 1.82) is 0 Å². The summed E-state index contributed by atoms with van der Waals surface area (Å²) in [5.74, 6) is 0.879. The zero-order valence-corrected chi connectivity index (χ0v) is 12.5. The Bertz CT molecular complexity index is 745. The SMILES string of the molecule is CCCNCc1cc(C)nc(-n2ncc3ccccc32)c1. The number of aromatic nitrogens is 3. The van der Waals surface area contributed by atoms with Gasteiger partial charge in [-0.25, -0.2) is 9.67 Å². The van der Waals surface area contributed by atoms with Crippen LogP contribution in [-0.4, -0.2) is 21.3 Å². The van der Waals surface area contributed by atoms with Gasteiger partial charge in [-0.05, 0) is 43.7 Å². The van der Waals surface area contributed by atoms with E-state index in [0.717, 1.165) is 41.9 Å². The van der Waals surface area contributed by atoms with Gasteiger partial charge in [-0.1, -0.05) is 25.1 Å². The van der Waals surface area contributed by atoms with Crippen molar-refractivity contribution < 1.29 is 0 Å². The average molecular weight is 280 g/mol. The Labute approximate surface area is 124 Å². The van der Waals surface area contributed by atoms with Crippen molar-refractivity contribution in [3.8, 4) is 5.82 Å². The van der Waals surface area contributed by atoms with E-state index in [1.807, 2.05) is 29.9 Å². The Balaban J connectivity index is 1.98. The van der Waals surface area contributed by atoms with Crippen LogP contribution in [0.3, 0.4) is 0 Å². The molecular formula is C17H20N4. The molecule has 3 aromatic rings. The molecule has 0 aliphatic carbocycles. The number of hydrogen-bond acceptors (Lipinski definition) is 3. The first-order chi connectivity index (χ1) is 10.3. The van der Waals surface area contributed by atoms with Gasteiger partial charge in [0.1, 0.15) is 0 Å². The molecule has 1 aromatic carbocycles. The summed E-state index contributed by atoms with van der Waals surface area (Å²) in [7, 11) is 0. The summed E-state index contributed by atoms with van der Waals surface area (Å²) < 4.78 is 1.91. The molecule has 0 atom stereocenters. The molecule has 4 nitrogen and oxygen atoms in total. The summed E-state index contributed by atoms with van der Waals surface area (Å²) in [6.45, 7) is 6.09. The molecule has 0 amide bonds. The Hall–Kier alpha value is -2.20. The molecule has 2 heterocycles. The topological polar surface area (TPSA) is 42.7 Å². The van der Waals surface area contributed by atoms with Gasteiger partial charge in [-0.2, -0.15) is 5.10 Å². The van der Waals surface area contributed by atoms with E-state index in [2.05, 4.69) is 46.6 Å². The van der Waals surface area contributed by atoms with E-state index in [-0.39, 0.29) is 0 Å². The zero-order chi connectivity index (χ0) is 14.7. The van der Waals surface area contributed by atoms with Gasteiger partial charge in [0.25, 0.3) is 0 Å². The van der Waals surface area contributed by atoms with Gasteiger partial charge in [0.15, 0.2) is 5.82 Å². The third-order valence-corrected chi connectivity index (χ3v) is 3.45. The molecule has 2 aromatic heterocycles. The number of para-hydroxylation sites is 1. The van der Waals surface area contributed by atoms with Crippen LogP contribution < -0.4 is 5.32 Å². The monoisotopic (exact) mass is 280 g/mol. The summed E-state index contributed by atoms with van der Waals surface area (Å²) in [6.07, 6.45) is 3.02. The van der Waals surface area contributed by atoms with Crippen molar-refractivity contribution >= 4 is 10.9 Å². The molecule has 1 N–H and O–H groups in total. The number of fused-ring (bicyclic) bond motifs is 1. The Morgan fingerprint density at radius 1 is 1.19 bits per heavy atom. The molecule has 0 saturated heterocycles. The molecule has 0 aliphatic rings. The standard InChI is InChI=1S/C17H20N4/c1-3-8-18-11-14-9-13(2)20-17(10-14)21-16-7-5-4-6-15(16)12-19-21/h4-7,9-10,12,18H,3,8,11H2,1-2H3. The average Bonchev–Trinajstić information content (AvgIpc) is 2.91. The third-order valence-electron chi connectivity index (χ3n) is 3.45. The molecule has 0 spiro atoms. The van der Waals surface area contributed by atoms with E-state index in [0.29, 0.717) is 0 Å². The smallest absolute Gasteiger partial charge is 0.154 e. The molecular weight excluding hydrogens is 260 g/mol. The highest BCUT2D eigenvalue weighted by Crippen LogP contribution is 2.18. The summed E-state index contributed by atoms with van der Waals surface area (Å²) >= 11 is 0. The van der Waals surface area contributed by atoms with E-state index in [1.165, 1.54) is 5.56 Å². The van der Waals surface area contributed by atoms with Crippen LogP contribution in [0.2, 0.25) is 0 Å². The molecule has 0 fully saturated rings. The van der Waals surface area contributed by atoms with Gasteiger partial charge in [0.2, 0.25) is 0 Å². The van der Waals surface area contributed by atoms with Crippen molar-refractivity contribution in [1.82, 2.24) is 20.1 Å². The number of pyridine rings is 1. The lowest BCUT2D eigenvalue weighted by Gasteiger charge is -2.08. The first-order valence-electron chi connectivity index (χ1n) is 7.39. The van der Waals surface area contributed by atoms with E-state index >= 15 is 0 Å². The maximum atomic E-state index is 4.63. The lowest BCUT2D eigenvalue weighted by molar-refractivity contribution is 0.673. The van der Waals surface area contributed by atoms with Crippen molar-refractivity contribution in [3.05, 3.63) is 53.9 Å². The van der Waals surface area contributed by atoms with E-state index in [4.69, 9.17) is 0 Å². The second-order valence-corrected chi connectivity index (χ2v) is 5.27. The number of benzene rings is 1. The number of rotatable bonds is 5. The first-order valence-corrected chi connectivity index (χ1v) is 7.39. The highest BCUT2D eigenvalue weighted by molar-refractivity contribution is 5.79. The predicted octanol–water partition coefficient (Wildman–Crippen LogP) is 3.23. The second kappa shape index (κ2) is 6.06. The molecule has 0 unspecified atom stereocenters. The molecule has 0 aliphatic heterocycles. The molecule has 0 bridgehead atoms. The highest BCUT2D eigenvalue weighted by Gasteiger charge is 2.07. The summed E-state index contributed by atoms with van der Waals surface area (Å²) in [5, 5.41) is 9.04. The van der Waals surface area contributed by atoms with E-state index in [9.17, 15) is 0 Å². The number of nitrogens with zero attached hydrogens (tertiary/aromatic N) is 3. The van der Waals surface area contributed by atoms with Gasteiger partial charge in [-0.3, -0.25) is 0 Å². The Morgan fingerprint density at radius 3 is 2.90 bits per heavy atom. The van der Waals surface area contributed by atoms with Crippen molar-refractivity contribution in [2.24, 2.45) is 0 Å². The van der Waals surface area contributed by atoms with Crippen LogP contribution in [0.5, 0.6) is 0 Å². The summed E-state index contributed by atoms with van der Waals surface area (Å²) in [5.41, 5.74) is 3.34. The fourth-order valence-electron chi connectivity index (χ4n) is 2.50. The maximum absolute atomic E-state index is 4.63. The number of aryl methyl sites for hydroxylation is 1. The molecule has 21 heavy (non-hydrogen) atoms. The minimum Gasteiger partial charge on any atom is -0.313 e. The van der Waals surface area contributed by atoms with Gasteiger partial charge in [0, 0.05) is 17.6 Å². The van der Waals surface area contributed by atoms with Crippen LogP contribution >= 0.6 is 0 Å². The van der Waals surface area contributed by atoms with Crippen molar-refractivity contribution in [2.45, 2.75) is 26.8 Å². The molecule has 4 heteroatoms. The fraction of sp³-hybridized carbons (Fsp3) is 0.294. The summed E-state index contributed by atoms with van der Waals surface area (Å²) in [4.78, 5) is 4.63. The summed E-state index contributed by atoms with van der Waals surface area (Å²) in [6, 6.07) is 12.4. The minimum atomic E-state index is 0.864. The second-order valence-electron chi connectivity index (χ2n) is 5.27. The Morgan fingerprint density at radius 2 is 2.05 bits per heavy atom. The van der Waals surface area contributed by atoms with Crippen LogP contribution in [0.1, 0.15) is 24.6 Å². The lowest BCUT2D eigenvalue weighted by atomic mass is 10.2. The van der Waals surface area contributed by atoms with Crippen LogP contribution in [0.25, 0.3) is 16.7 Å². The van der Waals surface area contributed by atoms with E-state index in [1.54, 1.807) is 0 Å². The molecule has 0 saturated carbocycles. The Kier molecular flexibility index (Phi) is 3.97. The molecule has 108 valence electrons. The van der Waals surface area contributed by atoms with Gasteiger partial charge in [-0.15, -0.1) is 0 Å². The van der Waals surface area contributed by atoms with Gasteiger partial charge >= 0.3 is 0 Å². The van der Waals surface area contributed by atoms with Crippen LogP contribution in [-0.2, 0) is 6.54 Å². The van der Waals surface area contributed by atoms with Crippen LogP contribution in [0.15, 0.2) is 42.6 Å².